The Hall–Kier alpha value is -0.960. The normalized spacial score (nSPS) is 10.1. The first-order chi connectivity index (χ1) is 5.29. The summed E-state index contributed by atoms with van der Waals surface area (Å²) in [5, 5.41) is 0. The third-order valence-electron chi connectivity index (χ3n) is 1.82. The maximum absolute atomic E-state index is 5.48. The lowest BCUT2D eigenvalue weighted by atomic mass is 10.1. The fourth-order valence-corrected chi connectivity index (χ4v) is 1.09. The Morgan fingerprint density at radius 1 is 1.36 bits per heavy atom. The highest BCUT2D eigenvalue weighted by molar-refractivity contribution is 5.22. The molecule has 0 fully saturated rings. The van der Waals surface area contributed by atoms with Gasteiger partial charge in [-0.3, -0.25) is 0 Å². The summed E-state index contributed by atoms with van der Waals surface area (Å²) in [5.74, 6) is 0. The van der Waals surface area contributed by atoms with Crippen LogP contribution in [-0.4, -0.2) is 9.97 Å². The number of aromatic nitrogens is 2. The van der Waals surface area contributed by atoms with Crippen molar-refractivity contribution in [2.45, 2.75) is 26.8 Å². The molecular formula is C8H13N3. The summed E-state index contributed by atoms with van der Waals surface area (Å²) in [7, 11) is 0. The predicted molar refractivity (Wildman–Crippen MR) is 44.0 cm³/mol. The fraction of sp³-hybridized carbons (Fsp3) is 0.500. The maximum Gasteiger partial charge on any atom is 0.116 e. The summed E-state index contributed by atoms with van der Waals surface area (Å²) in [6, 6.07) is 0. The molecule has 11 heavy (non-hydrogen) atoms. The van der Waals surface area contributed by atoms with Crippen molar-refractivity contribution in [2.75, 3.05) is 0 Å². The first-order valence-electron chi connectivity index (χ1n) is 3.79. The standard InChI is InChI=1S/C8H13N3/c1-3-7-6(2)8(4-9)11-5-10-7/h5H,3-4,9H2,1-2H3. The highest BCUT2D eigenvalue weighted by Gasteiger charge is 2.01. The average molecular weight is 151 g/mol. The lowest BCUT2D eigenvalue weighted by Gasteiger charge is -2.04. The lowest BCUT2D eigenvalue weighted by molar-refractivity contribution is 0.889. The van der Waals surface area contributed by atoms with Crippen LogP contribution in [0.1, 0.15) is 23.9 Å². The number of aryl methyl sites for hydroxylation is 1. The summed E-state index contributed by atoms with van der Waals surface area (Å²) < 4.78 is 0. The number of nitrogens with zero attached hydrogens (tertiary/aromatic N) is 2. The van der Waals surface area contributed by atoms with Crippen molar-refractivity contribution in [3.8, 4) is 0 Å². The highest BCUT2D eigenvalue weighted by Crippen LogP contribution is 2.07. The van der Waals surface area contributed by atoms with E-state index in [1.54, 1.807) is 6.33 Å². The number of nitrogens with two attached hydrogens (primary N) is 1. The SMILES string of the molecule is CCc1ncnc(CN)c1C. The molecule has 1 aromatic heterocycles. The topological polar surface area (TPSA) is 51.8 Å². The smallest absolute Gasteiger partial charge is 0.116 e. The van der Waals surface area contributed by atoms with E-state index >= 15 is 0 Å². The second-order valence-corrected chi connectivity index (χ2v) is 2.45. The molecule has 0 aliphatic rings. The fourth-order valence-electron chi connectivity index (χ4n) is 1.09. The second kappa shape index (κ2) is 3.44. The van der Waals surface area contributed by atoms with E-state index in [0.29, 0.717) is 6.54 Å². The van der Waals surface area contributed by atoms with Crippen molar-refractivity contribution >= 4 is 0 Å². The third kappa shape index (κ3) is 1.54. The molecule has 0 atom stereocenters. The van der Waals surface area contributed by atoms with Gasteiger partial charge in [-0.2, -0.15) is 0 Å². The van der Waals surface area contributed by atoms with Gasteiger partial charge in [0.2, 0.25) is 0 Å². The Morgan fingerprint density at radius 2 is 2.00 bits per heavy atom. The minimum absolute atomic E-state index is 0.501. The van der Waals surface area contributed by atoms with Gasteiger partial charge in [-0.25, -0.2) is 9.97 Å². The first-order valence-corrected chi connectivity index (χ1v) is 3.79. The molecule has 2 N–H and O–H groups in total. The minimum Gasteiger partial charge on any atom is -0.325 e. The van der Waals surface area contributed by atoms with Gasteiger partial charge in [-0.1, -0.05) is 6.92 Å². The Balaban J connectivity index is 3.10. The van der Waals surface area contributed by atoms with E-state index < -0.39 is 0 Å². The molecule has 3 heteroatoms. The molecule has 0 amide bonds. The van der Waals surface area contributed by atoms with Crippen molar-refractivity contribution in [1.29, 1.82) is 0 Å². The van der Waals surface area contributed by atoms with Gasteiger partial charge in [-0.15, -0.1) is 0 Å². The van der Waals surface area contributed by atoms with Gasteiger partial charge in [0.05, 0.1) is 5.69 Å². The van der Waals surface area contributed by atoms with Gasteiger partial charge in [-0.05, 0) is 18.9 Å². The molecule has 0 saturated heterocycles. The number of hydrogen-bond donors (Lipinski definition) is 1. The van der Waals surface area contributed by atoms with Crippen LogP contribution in [0.15, 0.2) is 6.33 Å². The predicted octanol–water partition coefficient (Wildman–Crippen LogP) is 0.806. The molecular weight excluding hydrogens is 138 g/mol. The quantitative estimate of drug-likeness (QED) is 0.680. The molecule has 0 saturated carbocycles. The zero-order valence-corrected chi connectivity index (χ0v) is 6.96. The van der Waals surface area contributed by atoms with Crippen molar-refractivity contribution < 1.29 is 0 Å². The lowest BCUT2D eigenvalue weighted by Crippen LogP contribution is -2.05. The summed E-state index contributed by atoms with van der Waals surface area (Å²) >= 11 is 0. The zero-order chi connectivity index (χ0) is 8.27. The van der Waals surface area contributed by atoms with E-state index in [9.17, 15) is 0 Å². The van der Waals surface area contributed by atoms with Crippen molar-refractivity contribution in [3.05, 3.63) is 23.3 Å². The molecule has 0 aliphatic heterocycles. The molecule has 0 aliphatic carbocycles. The Kier molecular flexibility index (Phi) is 2.54. The van der Waals surface area contributed by atoms with Crippen molar-refractivity contribution in [2.24, 2.45) is 5.73 Å². The molecule has 1 rings (SSSR count). The summed E-state index contributed by atoms with van der Waals surface area (Å²) in [4.78, 5) is 8.21. The van der Waals surface area contributed by atoms with E-state index in [0.717, 1.165) is 23.4 Å². The third-order valence-corrected chi connectivity index (χ3v) is 1.82. The zero-order valence-electron chi connectivity index (χ0n) is 6.96. The van der Waals surface area contributed by atoms with Crippen molar-refractivity contribution in [3.63, 3.8) is 0 Å². The molecule has 0 spiro atoms. The molecule has 1 heterocycles. The van der Waals surface area contributed by atoms with Crippen LogP contribution in [0, 0.1) is 6.92 Å². The summed E-state index contributed by atoms with van der Waals surface area (Å²) in [5.41, 5.74) is 8.67. The number of rotatable bonds is 2. The van der Waals surface area contributed by atoms with Crippen LogP contribution < -0.4 is 5.73 Å². The molecule has 3 nitrogen and oxygen atoms in total. The van der Waals surface area contributed by atoms with E-state index in [2.05, 4.69) is 16.9 Å². The van der Waals surface area contributed by atoms with Crippen LogP contribution in [0.2, 0.25) is 0 Å². The van der Waals surface area contributed by atoms with Crippen LogP contribution in [0.4, 0.5) is 0 Å². The van der Waals surface area contributed by atoms with E-state index in [4.69, 9.17) is 5.73 Å². The highest BCUT2D eigenvalue weighted by atomic mass is 14.9. The Labute approximate surface area is 66.7 Å². The van der Waals surface area contributed by atoms with Crippen LogP contribution in [0.3, 0.4) is 0 Å². The van der Waals surface area contributed by atoms with Gasteiger partial charge in [0.1, 0.15) is 6.33 Å². The molecule has 1 aromatic rings. The largest absolute Gasteiger partial charge is 0.325 e. The van der Waals surface area contributed by atoms with Gasteiger partial charge in [0.25, 0.3) is 0 Å². The molecule has 60 valence electrons. The van der Waals surface area contributed by atoms with E-state index in [1.807, 2.05) is 6.92 Å². The van der Waals surface area contributed by atoms with Crippen LogP contribution in [-0.2, 0) is 13.0 Å². The van der Waals surface area contributed by atoms with Gasteiger partial charge in [0.15, 0.2) is 0 Å². The van der Waals surface area contributed by atoms with Crippen LogP contribution in [0.5, 0.6) is 0 Å². The monoisotopic (exact) mass is 151 g/mol. The maximum atomic E-state index is 5.48. The number of hydrogen-bond acceptors (Lipinski definition) is 3. The van der Waals surface area contributed by atoms with E-state index in [-0.39, 0.29) is 0 Å². The van der Waals surface area contributed by atoms with Gasteiger partial charge >= 0.3 is 0 Å². The molecule has 0 bridgehead atoms. The van der Waals surface area contributed by atoms with Crippen LogP contribution in [0.25, 0.3) is 0 Å². The first kappa shape index (κ1) is 8.14. The van der Waals surface area contributed by atoms with Gasteiger partial charge < -0.3 is 5.73 Å². The average Bonchev–Trinajstić information content (AvgIpc) is 2.05. The molecule has 0 aromatic carbocycles. The Morgan fingerprint density at radius 3 is 2.55 bits per heavy atom. The summed E-state index contributed by atoms with van der Waals surface area (Å²) in [6.07, 6.45) is 2.52. The van der Waals surface area contributed by atoms with Gasteiger partial charge in [0, 0.05) is 12.2 Å². The van der Waals surface area contributed by atoms with Crippen LogP contribution >= 0.6 is 0 Å². The Bertz CT molecular complexity index is 223. The second-order valence-electron chi connectivity index (χ2n) is 2.45. The summed E-state index contributed by atoms with van der Waals surface area (Å²) in [6.45, 7) is 4.60. The van der Waals surface area contributed by atoms with Crippen molar-refractivity contribution in [1.82, 2.24) is 9.97 Å². The minimum atomic E-state index is 0.501. The molecule has 0 unspecified atom stereocenters. The van der Waals surface area contributed by atoms with E-state index in [1.165, 1.54) is 0 Å². The molecule has 0 radical (unpaired) electrons.